The molecule has 1 N–H and O–H groups in total. The second-order valence-electron chi connectivity index (χ2n) is 7.65. The van der Waals surface area contributed by atoms with Crippen LogP contribution in [0.1, 0.15) is 56.3 Å². The van der Waals surface area contributed by atoms with Gasteiger partial charge in [0.05, 0.1) is 23.8 Å². The predicted octanol–water partition coefficient (Wildman–Crippen LogP) is 3.01. The normalized spacial score (nSPS) is 14.7. The zero-order valence-electron chi connectivity index (χ0n) is 18.4. The fraction of sp³-hybridized carbons (Fsp3) is 0.409. The van der Waals surface area contributed by atoms with Crippen molar-refractivity contribution in [2.45, 2.75) is 33.8 Å². The van der Waals surface area contributed by atoms with Crippen LogP contribution in [0.3, 0.4) is 0 Å². The van der Waals surface area contributed by atoms with Gasteiger partial charge in [-0.1, -0.05) is 0 Å². The van der Waals surface area contributed by atoms with Crippen LogP contribution in [-0.4, -0.2) is 59.9 Å². The highest BCUT2D eigenvalue weighted by Crippen LogP contribution is 2.27. The van der Waals surface area contributed by atoms with Gasteiger partial charge in [0.1, 0.15) is 5.56 Å². The van der Waals surface area contributed by atoms with Crippen molar-refractivity contribution in [2.24, 2.45) is 0 Å². The quantitative estimate of drug-likeness (QED) is 0.299. The van der Waals surface area contributed by atoms with E-state index in [1.165, 1.54) is 26.0 Å². The molecule has 0 bridgehead atoms. The average Bonchev–Trinajstić information content (AvgIpc) is 3.07. The number of nitrogens with zero attached hydrogens (tertiary/aromatic N) is 2. The zero-order valence-corrected chi connectivity index (χ0v) is 18.4. The lowest BCUT2D eigenvalue weighted by atomic mass is 10.0. The Bertz CT molecular complexity index is 1080. The molecule has 170 valence electrons. The lowest BCUT2D eigenvalue weighted by molar-refractivity contribution is -0.385. The van der Waals surface area contributed by atoms with Crippen LogP contribution in [-0.2, 0) is 9.47 Å². The number of nitro benzene ring substituents is 1. The van der Waals surface area contributed by atoms with Gasteiger partial charge in [0.2, 0.25) is 5.78 Å². The highest BCUT2D eigenvalue weighted by atomic mass is 16.6. The van der Waals surface area contributed by atoms with Crippen LogP contribution in [0.15, 0.2) is 18.2 Å². The molecule has 1 aliphatic rings. The Kier molecular flexibility index (Phi) is 6.73. The van der Waals surface area contributed by atoms with Crippen molar-refractivity contribution in [2.75, 3.05) is 31.2 Å². The average molecular weight is 443 g/mol. The van der Waals surface area contributed by atoms with Gasteiger partial charge in [0, 0.05) is 36.1 Å². The van der Waals surface area contributed by atoms with Crippen LogP contribution in [0.2, 0.25) is 0 Å². The van der Waals surface area contributed by atoms with Crippen molar-refractivity contribution in [3.05, 3.63) is 56.4 Å². The summed E-state index contributed by atoms with van der Waals surface area (Å²) >= 11 is 0. The Labute approximate surface area is 184 Å². The SMILES string of the molecule is CC(=O)c1c(C)[nH]c(C(=O)[C@@H](C)OC(=O)c2cc(N3CCOCC3)ccc2[N+](=O)[O-])c1C. The second kappa shape index (κ2) is 9.31. The van der Waals surface area contributed by atoms with Crippen molar-refractivity contribution in [3.8, 4) is 0 Å². The number of carbonyl (C=O) groups excluding carboxylic acids is 3. The molecule has 3 rings (SSSR count). The van der Waals surface area contributed by atoms with Crippen molar-refractivity contribution >= 4 is 28.9 Å². The Balaban J connectivity index is 1.85. The molecule has 1 aromatic heterocycles. The number of nitrogens with one attached hydrogen (secondary N) is 1. The molecular formula is C22H25N3O7. The number of aryl methyl sites for hydroxylation is 1. The van der Waals surface area contributed by atoms with E-state index in [0.29, 0.717) is 48.8 Å². The third-order valence-corrected chi connectivity index (χ3v) is 5.46. The minimum atomic E-state index is -1.22. The number of rotatable bonds is 7. The van der Waals surface area contributed by atoms with Gasteiger partial charge in [-0.2, -0.15) is 0 Å². The fourth-order valence-corrected chi connectivity index (χ4v) is 3.87. The molecule has 0 amide bonds. The molecule has 2 heterocycles. The van der Waals surface area contributed by atoms with Crippen molar-refractivity contribution < 1.29 is 28.8 Å². The molecule has 1 saturated heterocycles. The zero-order chi connectivity index (χ0) is 23.6. The third kappa shape index (κ3) is 4.54. The number of aromatic nitrogens is 1. The maximum atomic E-state index is 12.9. The molecule has 2 aromatic rings. The standard InChI is InChI=1S/C22H25N3O7/c1-12-19(14(3)26)13(2)23-20(12)21(27)15(4)32-22(28)17-11-16(5-6-18(17)25(29)30)24-7-9-31-10-8-24/h5-6,11,15,23H,7-10H2,1-4H3/t15-/m1/s1. The van der Waals surface area contributed by atoms with Crippen LogP contribution in [0.25, 0.3) is 0 Å². The summed E-state index contributed by atoms with van der Waals surface area (Å²) in [6, 6.07) is 4.23. The van der Waals surface area contributed by atoms with Crippen LogP contribution in [0.4, 0.5) is 11.4 Å². The van der Waals surface area contributed by atoms with Crippen molar-refractivity contribution in [3.63, 3.8) is 0 Å². The van der Waals surface area contributed by atoms with E-state index in [2.05, 4.69) is 4.98 Å². The second-order valence-corrected chi connectivity index (χ2v) is 7.65. The number of carbonyl (C=O) groups is 3. The van der Waals surface area contributed by atoms with Gasteiger partial charge in [-0.15, -0.1) is 0 Å². The number of morpholine rings is 1. The summed E-state index contributed by atoms with van der Waals surface area (Å²) in [7, 11) is 0. The Morgan fingerprint density at radius 1 is 1.22 bits per heavy atom. The van der Waals surface area contributed by atoms with E-state index in [1.54, 1.807) is 19.9 Å². The van der Waals surface area contributed by atoms with Gasteiger partial charge < -0.3 is 19.4 Å². The molecule has 32 heavy (non-hydrogen) atoms. The van der Waals surface area contributed by atoms with E-state index >= 15 is 0 Å². The number of hydrogen-bond acceptors (Lipinski definition) is 8. The monoisotopic (exact) mass is 443 g/mol. The number of ketones is 2. The summed E-state index contributed by atoms with van der Waals surface area (Å²) in [4.78, 5) is 53.2. The first-order valence-corrected chi connectivity index (χ1v) is 10.2. The van der Waals surface area contributed by atoms with Gasteiger partial charge >= 0.3 is 5.97 Å². The van der Waals surface area contributed by atoms with E-state index in [9.17, 15) is 24.5 Å². The highest BCUT2D eigenvalue weighted by molar-refractivity contribution is 6.06. The molecule has 0 aliphatic carbocycles. The molecule has 0 saturated carbocycles. The van der Waals surface area contributed by atoms with Gasteiger partial charge in [0.15, 0.2) is 11.9 Å². The lowest BCUT2D eigenvalue weighted by Gasteiger charge is -2.29. The van der Waals surface area contributed by atoms with E-state index in [1.807, 2.05) is 4.90 Å². The maximum Gasteiger partial charge on any atom is 0.345 e. The maximum absolute atomic E-state index is 12.9. The van der Waals surface area contributed by atoms with E-state index < -0.39 is 28.5 Å². The molecule has 10 nitrogen and oxygen atoms in total. The molecule has 1 aliphatic heterocycles. The van der Waals surface area contributed by atoms with E-state index in [0.717, 1.165) is 0 Å². The van der Waals surface area contributed by atoms with E-state index in [-0.39, 0.29) is 17.0 Å². The summed E-state index contributed by atoms with van der Waals surface area (Å²) in [6.07, 6.45) is -1.22. The summed E-state index contributed by atoms with van der Waals surface area (Å²) in [5.74, 6) is -1.69. The first kappa shape index (κ1) is 23.1. The summed E-state index contributed by atoms with van der Waals surface area (Å²) in [5.41, 5.74) is 1.60. The molecular weight excluding hydrogens is 418 g/mol. The van der Waals surface area contributed by atoms with Gasteiger partial charge in [-0.25, -0.2) is 4.79 Å². The minimum Gasteiger partial charge on any atom is -0.450 e. The number of anilines is 1. The van der Waals surface area contributed by atoms with Gasteiger partial charge in [0.25, 0.3) is 5.69 Å². The van der Waals surface area contributed by atoms with Crippen molar-refractivity contribution in [1.29, 1.82) is 0 Å². The minimum absolute atomic E-state index is 0.171. The van der Waals surface area contributed by atoms with Gasteiger partial charge in [-0.05, 0) is 45.4 Å². The number of benzene rings is 1. The van der Waals surface area contributed by atoms with Crippen LogP contribution >= 0.6 is 0 Å². The number of H-pyrrole nitrogens is 1. The molecule has 1 fully saturated rings. The number of esters is 1. The lowest BCUT2D eigenvalue weighted by Crippen LogP contribution is -2.36. The smallest absolute Gasteiger partial charge is 0.345 e. The first-order chi connectivity index (χ1) is 15.1. The summed E-state index contributed by atoms with van der Waals surface area (Å²) in [5, 5.41) is 11.5. The Morgan fingerprint density at radius 2 is 1.88 bits per heavy atom. The van der Waals surface area contributed by atoms with Crippen molar-refractivity contribution in [1.82, 2.24) is 4.98 Å². The van der Waals surface area contributed by atoms with Gasteiger partial charge in [-0.3, -0.25) is 19.7 Å². The van der Waals surface area contributed by atoms with E-state index in [4.69, 9.17) is 9.47 Å². The molecule has 0 radical (unpaired) electrons. The summed E-state index contributed by atoms with van der Waals surface area (Å²) < 4.78 is 10.6. The molecule has 1 atom stereocenters. The highest BCUT2D eigenvalue weighted by Gasteiger charge is 2.29. The molecule has 0 unspecified atom stereocenters. The molecule has 0 spiro atoms. The third-order valence-electron chi connectivity index (χ3n) is 5.46. The number of Topliss-reactive ketones (excluding diaryl/α,β-unsaturated/α-hetero) is 2. The summed E-state index contributed by atoms with van der Waals surface area (Å²) in [6.45, 7) is 8.31. The topological polar surface area (TPSA) is 132 Å². The number of nitro groups is 1. The van der Waals surface area contributed by atoms with Crippen LogP contribution in [0.5, 0.6) is 0 Å². The number of ether oxygens (including phenoxy) is 2. The first-order valence-electron chi connectivity index (χ1n) is 10.2. The van der Waals surface area contributed by atoms with Crippen LogP contribution in [0, 0.1) is 24.0 Å². The molecule has 10 heteroatoms. The predicted molar refractivity (Wildman–Crippen MR) is 116 cm³/mol. The Morgan fingerprint density at radius 3 is 2.44 bits per heavy atom. The fourth-order valence-electron chi connectivity index (χ4n) is 3.87. The largest absolute Gasteiger partial charge is 0.450 e. The van der Waals surface area contributed by atoms with Crippen LogP contribution < -0.4 is 4.90 Å². The number of hydrogen-bond donors (Lipinski definition) is 1. The number of aromatic amines is 1. The Hall–Kier alpha value is -3.53. The molecule has 1 aromatic carbocycles.